The van der Waals surface area contributed by atoms with Gasteiger partial charge in [-0.05, 0) is 41.9 Å². The molecular weight excluding hydrogens is 572 g/mol. The van der Waals surface area contributed by atoms with Crippen molar-refractivity contribution in [3.05, 3.63) is 76.2 Å². The molecule has 1 N–H and O–H groups in total. The first-order valence-corrected chi connectivity index (χ1v) is 13.0. The van der Waals surface area contributed by atoms with Crippen LogP contribution in [0, 0.1) is 0 Å². The highest BCUT2D eigenvalue weighted by atomic mass is 79.9. The molecule has 184 valence electrons. The number of thioether (sulfide) groups is 1. The van der Waals surface area contributed by atoms with Crippen molar-refractivity contribution in [3.63, 3.8) is 0 Å². The smallest absolute Gasteiger partial charge is 0.319 e. The van der Waals surface area contributed by atoms with Crippen molar-refractivity contribution < 1.29 is 9.90 Å². The fraction of sp³-hybridized carbons (Fsp3) is 0.261. The van der Waals surface area contributed by atoms with Crippen LogP contribution in [0.3, 0.4) is 0 Å². The molecule has 0 saturated heterocycles. The quantitative estimate of drug-likeness (QED) is 0.240. The zero-order chi connectivity index (χ0) is 24.1. The Kier molecular flexibility index (Phi) is 9.28. The van der Waals surface area contributed by atoms with Gasteiger partial charge in [-0.2, -0.15) is 5.10 Å². The maximum absolute atomic E-state index is 11.4. The summed E-state index contributed by atoms with van der Waals surface area (Å²) in [6.45, 7) is 4.60. The summed E-state index contributed by atoms with van der Waals surface area (Å²) in [5, 5.41) is 15.8. The first-order chi connectivity index (χ1) is 16.3. The van der Waals surface area contributed by atoms with Crippen molar-refractivity contribution in [1.82, 2.24) is 24.7 Å². The van der Waals surface area contributed by atoms with E-state index in [2.05, 4.69) is 40.9 Å². The van der Waals surface area contributed by atoms with Crippen molar-refractivity contribution in [2.75, 3.05) is 11.4 Å². The number of carbonyl (C=O) groups is 1. The predicted molar refractivity (Wildman–Crippen MR) is 145 cm³/mol. The molecular formula is C23H24BrClN6O2S2. The van der Waals surface area contributed by atoms with Gasteiger partial charge in [0.1, 0.15) is 4.75 Å². The average molecular weight is 596 g/mol. The van der Waals surface area contributed by atoms with E-state index in [1.165, 1.54) is 23.1 Å². The summed E-state index contributed by atoms with van der Waals surface area (Å²) in [7, 11) is 0. The molecule has 0 fully saturated rings. The number of rotatable bonds is 10. The number of halogens is 2. The standard InChI is InChI=1S/C23H23BrN6O2S2.ClH/c1-23(2,20(31)32)34-22-28-18(15-33-22)8-9-29(21-25-11-17(24)12-26-21)13-16-10-27-30(14-16)19-6-4-3-5-7-19;/h3-7,10-12,14-15H,8-9,13H2,1-2H3,(H,31,32);1H. The van der Waals surface area contributed by atoms with Gasteiger partial charge in [0.05, 0.1) is 22.1 Å². The third kappa shape index (κ3) is 7.26. The number of aromatic nitrogens is 5. The van der Waals surface area contributed by atoms with Crippen LogP contribution in [0.25, 0.3) is 5.69 Å². The zero-order valence-electron chi connectivity index (χ0n) is 19.0. The van der Waals surface area contributed by atoms with Gasteiger partial charge in [0.25, 0.3) is 0 Å². The van der Waals surface area contributed by atoms with E-state index in [0.717, 1.165) is 25.8 Å². The van der Waals surface area contributed by atoms with Crippen LogP contribution in [-0.4, -0.2) is 47.1 Å². The topological polar surface area (TPSA) is 97.0 Å². The number of thiazole rings is 1. The number of para-hydroxylation sites is 1. The summed E-state index contributed by atoms with van der Waals surface area (Å²) in [4.78, 5) is 27.1. The fourth-order valence-electron chi connectivity index (χ4n) is 3.06. The Labute approximate surface area is 226 Å². The van der Waals surface area contributed by atoms with Gasteiger partial charge in [0.15, 0.2) is 4.34 Å². The van der Waals surface area contributed by atoms with Crippen molar-refractivity contribution in [1.29, 1.82) is 0 Å². The molecule has 0 aliphatic rings. The molecule has 0 aliphatic heterocycles. The highest BCUT2D eigenvalue weighted by Crippen LogP contribution is 2.34. The van der Waals surface area contributed by atoms with Crippen LogP contribution < -0.4 is 4.90 Å². The number of anilines is 1. The third-order valence-corrected chi connectivity index (χ3v) is 7.53. The molecule has 0 unspecified atom stereocenters. The molecule has 3 heterocycles. The van der Waals surface area contributed by atoms with E-state index in [9.17, 15) is 9.90 Å². The highest BCUT2D eigenvalue weighted by molar-refractivity contribution is 9.10. The Morgan fingerprint density at radius 1 is 1.20 bits per heavy atom. The summed E-state index contributed by atoms with van der Waals surface area (Å²) >= 11 is 6.12. The second kappa shape index (κ2) is 12.0. The van der Waals surface area contributed by atoms with Crippen LogP contribution in [0.4, 0.5) is 5.95 Å². The van der Waals surface area contributed by atoms with Crippen LogP contribution in [0.5, 0.6) is 0 Å². The molecule has 0 amide bonds. The number of benzene rings is 1. The van der Waals surface area contributed by atoms with Gasteiger partial charge in [-0.1, -0.05) is 30.0 Å². The zero-order valence-corrected chi connectivity index (χ0v) is 23.1. The minimum Gasteiger partial charge on any atom is -0.480 e. The van der Waals surface area contributed by atoms with Crippen LogP contribution in [0.1, 0.15) is 25.1 Å². The lowest BCUT2D eigenvalue weighted by molar-refractivity contribution is -0.138. The minimum atomic E-state index is -0.925. The fourth-order valence-corrected chi connectivity index (χ4v) is 5.49. The molecule has 0 saturated carbocycles. The summed E-state index contributed by atoms with van der Waals surface area (Å²) in [6, 6.07) is 9.96. The molecule has 35 heavy (non-hydrogen) atoms. The Balaban J connectivity index is 0.00000342. The minimum absolute atomic E-state index is 0. The Bertz CT molecular complexity index is 1250. The van der Waals surface area contributed by atoms with Gasteiger partial charge in [-0.15, -0.1) is 23.7 Å². The molecule has 4 rings (SSSR count). The largest absolute Gasteiger partial charge is 0.480 e. The van der Waals surface area contributed by atoms with Gasteiger partial charge in [-0.25, -0.2) is 19.6 Å². The molecule has 0 atom stereocenters. The predicted octanol–water partition coefficient (Wildman–Crippen LogP) is 5.51. The van der Waals surface area contributed by atoms with Gasteiger partial charge >= 0.3 is 5.97 Å². The molecule has 0 aliphatic carbocycles. The van der Waals surface area contributed by atoms with Gasteiger partial charge in [0, 0.05) is 49.0 Å². The van der Waals surface area contributed by atoms with E-state index in [1.54, 1.807) is 26.2 Å². The molecule has 4 aromatic rings. The van der Waals surface area contributed by atoms with Crippen molar-refractivity contribution in [2.45, 2.75) is 35.9 Å². The van der Waals surface area contributed by atoms with Crippen molar-refractivity contribution >= 4 is 63.4 Å². The molecule has 12 heteroatoms. The maximum Gasteiger partial charge on any atom is 0.319 e. The second-order valence-electron chi connectivity index (χ2n) is 8.02. The monoisotopic (exact) mass is 594 g/mol. The normalized spacial score (nSPS) is 11.2. The van der Waals surface area contributed by atoms with E-state index in [0.29, 0.717) is 25.5 Å². The van der Waals surface area contributed by atoms with Crippen LogP contribution in [0.2, 0.25) is 0 Å². The van der Waals surface area contributed by atoms with E-state index in [4.69, 9.17) is 0 Å². The summed E-state index contributed by atoms with van der Waals surface area (Å²) in [5.41, 5.74) is 2.95. The second-order valence-corrected chi connectivity index (χ2v) is 11.7. The average Bonchev–Trinajstić information content (AvgIpc) is 3.47. The molecule has 3 aromatic heterocycles. The van der Waals surface area contributed by atoms with Gasteiger partial charge in [0.2, 0.25) is 5.95 Å². The summed E-state index contributed by atoms with van der Waals surface area (Å²) in [5.74, 6) is -0.239. The Morgan fingerprint density at radius 3 is 2.60 bits per heavy atom. The first-order valence-electron chi connectivity index (χ1n) is 10.5. The van der Waals surface area contributed by atoms with Crippen LogP contribution >= 0.6 is 51.4 Å². The van der Waals surface area contributed by atoms with Crippen molar-refractivity contribution in [3.8, 4) is 5.69 Å². The van der Waals surface area contributed by atoms with E-state index >= 15 is 0 Å². The molecule has 8 nitrogen and oxygen atoms in total. The van der Waals surface area contributed by atoms with Gasteiger partial charge in [-0.3, -0.25) is 4.79 Å². The van der Waals surface area contributed by atoms with Crippen LogP contribution in [-0.2, 0) is 17.8 Å². The Hall–Kier alpha value is -2.47. The number of nitrogens with zero attached hydrogens (tertiary/aromatic N) is 6. The lowest BCUT2D eigenvalue weighted by Crippen LogP contribution is -2.27. The van der Waals surface area contributed by atoms with Gasteiger partial charge < -0.3 is 10.0 Å². The van der Waals surface area contributed by atoms with E-state index in [-0.39, 0.29) is 12.4 Å². The number of hydrogen-bond acceptors (Lipinski definition) is 8. The lowest BCUT2D eigenvalue weighted by atomic mass is 10.2. The van der Waals surface area contributed by atoms with E-state index < -0.39 is 10.7 Å². The molecule has 0 radical (unpaired) electrons. The van der Waals surface area contributed by atoms with Crippen molar-refractivity contribution in [2.24, 2.45) is 0 Å². The lowest BCUT2D eigenvalue weighted by Gasteiger charge is -2.21. The number of carboxylic acids is 1. The maximum atomic E-state index is 11.4. The first kappa shape index (κ1) is 27.1. The number of carboxylic acid groups (broad SMARTS) is 1. The molecule has 1 aromatic carbocycles. The highest BCUT2D eigenvalue weighted by Gasteiger charge is 2.29. The number of aliphatic carboxylic acids is 1. The molecule has 0 bridgehead atoms. The number of hydrogen-bond donors (Lipinski definition) is 1. The Morgan fingerprint density at radius 2 is 1.91 bits per heavy atom. The molecule has 0 spiro atoms. The summed E-state index contributed by atoms with van der Waals surface area (Å²) < 4.78 is 2.49. The summed E-state index contributed by atoms with van der Waals surface area (Å²) in [6.07, 6.45) is 8.00. The van der Waals surface area contributed by atoms with E-state index in [1.807, 2.05) is 52.8 Å². The third-order valence-electron chi connectivity index (χ3n) is 4.95. The SMILES string of the molecule is CC(C)(Sc1nc(CCN(Cc2cnn(-c3ccccc3)c2)c2ncc(Br)cn2)cs1)C(=O)O.Cl. The van der Waals surface area contributed by atoms with Crippen LogP contribution in [0.15, 0.2) is 69.3 Å².